The number of aromatic nitrogens is 4. The number of hydrogen-bond donors (Lipinski definition) is 0. The van der Waals surface area contributed by atoms with E-state index >= 15 is 0 Å². The average molecular weight is 366 g/mol. The summed E-state index contributed by atoms with van der Waals surface area (Å²) >= 11 is 1.85. The zero-order valence-corrected chi connectivity index (χ0v) is 15.5. The van der Waals surface area contributed by atoms with E-state index in [0.717, 1.165) is 28.8 Å². The largest absolute Gasteiger partial charge is 0.333 e. The number of pyridine rings is 1. The van der Waals surface area contributed by atoms with Crippen LogP contribution in [-0.2, 0) is 12.8 Å². The van der Waals surface area contributed by atoms with E-state index in [2.05, 4.69) is 21.2 Å². The summed E-state index contributed by atoms with van der Waals surface area (Å²) < 4.78 is 5.07. The van der Waals surface area contributed by atoms with Crippen molar-refractivity contribution in [1.29, 1.82) is 0 Å². The van der Waals surface area contributed by atoms with Gasteiger partial charge in [0.05, 0.1) is 5.69 Å². The molecule has 3 aromatic heterocycles. The molecule has 0 radical (unpaired) electrons. The standard InChI is InChI=1S/C20H22N4OS/c1-3-13(4-1)14-5-2-6-16-18(10-8-14)26-20(24-16)15-7-9-17(21-11-15)19-22-12-23-25-19/h7,9,11-14H,1-6,8,10H2. The van der Waals surface area contributed by atoms with Gasteiger partial charge in [-0.05, 0) is 56.1 Å². The molecule has 1 saturated carbocycles. The maximum atomic E-state index is 5.07. The topological polar surface area (TPSA) is 64.7 Å². The van der Waals surface area contributed by atoms with Crippen molar-refractivity contribution in [3.8, 4) is 22.2 Å². The van der Waals surface area contributed by atoms with Crippen LogP contribution >= 0.6 is 11.3 Å². The second-order valence-electron chi connectivity index (χ2n) is 7.45. The molecule has 0 N–H and O–H groups in total. The lowest BCUT2D eigenvalue weighted by Gasteiger charge is -2.34. The Morgan fingerprint density at radius 3 is 2.58 bits per heavy atom. The molecular weight excluding hydrogens is 344 g/mol. The van der Waals surface area contributed by atoms with Crippen molar-refractivity contribution < 1.29 is 4.52 Å². The summed E-state index contributed by atoms with van der Waals surface area (Å²) in [5.41, 5.74) is 3.09. The summed E-state index contributed by atoms with van der Waals surface area (Å²) in [7, 11) is 0. The summed E-state index contributed by atoms with van der Waals surface area (Å²) in [4.78, 5) is 14.9. The molecule has 1 unspecified atom stereocenters. The van der Waals surface area contributed by atoms with Gasteiger partial charge in [-0.3, -0.25) is 4.98 Å². The number of fused-ring (bicyclic) bond motifs is 1. The SMILES string of the molecule is c1noc(-c2ccc(-c3nc4c(s3)CCC(C3CCC3)CCC4)cn2)n1. The predicted octanol–water partition coefficient (Wildman–Crippen LogP) is 4.94. The van der Waals surface area contributed by atoms with E-state index in [9.17, 15) is 0 Å². The Morgan fingerprint density at radius 2 is 1.85 bits per heavy atom. The van der Waals surface area contributed by atoms with Crippen molar-refractivity contribution in [2.75, 3.05) is 0 Å². The molecule has 5 nitrogen and oxygen atoms in total. The lowest BCUT2D eigenvalue weighted by atomic mass is 9.71. The summed E-state index contributed by atoms with van der Waals surface area (Å²) in [6.07, 6.45) is 14.0. The third-order valence-corrected chi connectivity index (χ3v) is 7.12. The van der Waals surface area contributed by atoms with Crippen LogP contribution in [0, 0.1) is 11.8 Å². The van der Waals surface area contributed by atoms with Gasteiger partial charge in [0.15, 0.2) is 6.33 Å². The van der Waals surface area contributed by atoms with E-state index in [1.165, 1.54) is 61.8 Å². The van der Waals surface area contributed by atoms with Gasteiger partial charge in [-0.2, -0.15) is 4.98 Å². The lowest BCUT2D eigenvalue weighted by molar-refractivity contribution is 0.181. The van der Waals surface area contributed by atoms with E-state index in [1.807, 2.05) is 23.6 Å². The maximum absolute atomic E-state index is 5.07. The Morgan fingerprint density at radius 1 is 0.962 bits per heavy atom. The number of nitrogens with zero attached hydrogens (tertiary/aromatic N) is 4. The van der Waals surface area contributed by atoms with Crippen molar-refractivity contribution in [1.82, 2.24) is 20.1 Å². The molecule has 1 atom stereocenters. The van der Waals surface area contributed by atoms with Gasteiger partial charge in [0, 0.05) is 16.6 Å². The van der Waals surface area contributed by atoms with E-state index in [1.54, 1.807) is 0 Å². The molecule has 6 heteroatoms. The van der Waals surface area contributed by atoms with Gasteiger partial charge >= 0.3 is 0 Å². The Bertz CT molecular complexity index is 868. The molecule has 134 valence electrons. The van der Waals surface area contributed by atoms with E-state index in [-0.39, 0.29) is 0 Å². The lowest BCUT2D eigenvalue weighted by Crippen LogP contribution is -2.23. The zero-order valence-electron chi connectivity index (χ0n) is 14.7. The smallest absolute Gasteiger partial charge is 0.276 e. The van der Waals surface area contributed by atoms with Crippen LogP contribution in [0.15, 0.2) is 29.2 Å². The van der Waals surface area contributed by atoms with Crippen LogP contribution < -0.4 is 0 Å². The molecule has 5 rings (SSSR count). The molecule has 0 spiro atoms. The van der Waals surface area contributed by atoms with E-state index < -0.39 is 0 Å². The molecule has 0 bridgehead atoms. The summed E-state index contributed by atoms with van der Waals surface area (Å²) in [6, 6.07) is 3.98. The molecule has 2 aliphatic carbocycles. The van der Waals surface area contributed by atoms with Crippen LogP contribution in [0.2, 0.25) is 0 Å². The highest BCUT2D eigenvalue weighted by atomic mass is 32.1. The summed E-state index contributed by atoms with van der Waals surface area (Å²) in [6.45, 7) is 0. The van der Waals surface area contributed by atoms with Gasteiger partial charge in [0.25, 0.3) is 5.89 Å². The first-order valence-corrected chi connectivity index (χ1v) is 10.4. The highest BCUT2D eigenvalue weighted by molar-refractivity contribution is 7.15. The Hall–Kier alpha value is -2.08. The first-order valence-electron chi connectivity index (χ1n) is 9.59. The van der Waals surface area contributed by atoms with Crippen molar-refractivity contribution in [3.05, 3.63) is 35.2 Å². The minimum atomic E-state index is 0.449. The Balaban J connectivity index is 1.35. The van der Waals surface area contributed by atoms with Crippen molar-refractivity contribution in [2.24, 2.45) is 11.8 Å². The molecule has 3 heterocycles. The van der Waals surface area contributed by atoms with Crippen LogP contribution in [0.1, 0.15) is 49.1 Å². The number of thiazole rings is 1. The second-order valence-corrected chi connectivity index (χ2v) is 8.53. The Labute approximate surface area is 156 Å². The first-order chi connectivity index (χ1) is 12.9. The highest BCUT2D eigenvalue weighted by Gasteiger charge is 2.28. The molecule has 0 aliphatic heterocycles. The summed E-state index contributed by atoms with van der Waals surface area (Å²) in [5, 5.41) is 4.72. The van der Waals surface area contributed by atoms with E-state index in [0.29, 0.717) is 11.6 Å². The minimum absolute atomic E-state index is 0.449. The van der Waals surface area contributed by atoms with Crippen LogP contribution in [0.25, 0.3) is 22.2 Å². The van der Waals surface area contributed by atoms with Crippen LogP contribution in [-0.4, -0.2) is 20.1 Å². The van der Waals surface area contributed by atoms with Gasteiger partial charge in [-0.1, -0.05) is 24.4 Å². The normalized spacial score (nSPS) is 20.8. The summed E-state index contributed by atoms with van der Waals surface area (Å²) in [5.74, 6) is 2.40. The van der Waals surface area contributed by atoms with Crippen LogP contribution in [0.5, 0.6) is 0 Å². The van der Waals surface area contributed by atoms with Gasteiger partial charge in [-0.15, -0.1) is 11.3 Å². The van der Waals surface area contributed by atoms with Gasteiger partial charge in [0.2, 0.25) is 0 Å². The number of rotatable bonds is 3. The fourth-order valence-corrected chi connectivity index (χ4v) is 5.32. The first kappa shape index (κ1) is 16.1. The molecule has 0 saturated heterocycles. The van der Waals surface area contributed by atoms with Crippen LogP contribution in [0.3, 0.4) is 0 Å². The zero-order chi connectivity index (χ0) is 17.3. The predicted molar refractivity (Wildman–Crippen MR) is 101 cm³/mol. The van der Waals surface area contributed by atoms with Crippen molar-refractivity contribution >= 4 is 11.3 Å². The molecular formula is C20H22N4OS. The third kappa shape index (κ3) is 3.07. The van der Waals surface area contributed by atoms with Gasteiger partial charge in [-0.25, -0.2) is 4.98 Å². The van der Waals surface area contributed by atoms with Crippen LogP contribution in [0.4, 0.5) is 0 Å². The molecule has 0 amide bonds. The number of hydrogen-bond acceptors (Lipinski definition) is 6. The fourth-order valence-electron chi connectivity index (χ4n) is 4.21. The van der Waals surface area contributed by atoms with Gasteiger partial charge in [0.1, 0.15) is 10.7 Å². The fraction of sp³-hybridized carbons (Fsp3) is 0.500. The molecule has 3 aromatic rings. The molecule has 26 heavy (non-hydrogen) atoms. The number of aryl methyl sites for hydroxylation is 2. The monoisotopic (exact) mass is 366 g/mol. The Kier molecular flexibility index (Phi) is 4.28. The second kappa shape index (κ2) is 6.91. The maximum Gasteiger partial charge on any atom is 0.276 e. The van der Waals surface area contributed by atoms with Gasteiger partial charge < -0.3 is 4.52 Å². The third-order valence-electron chi connectivity index (χ3n) is 5.92. The molecule has 0 aromatic carbocycles. The average Bonchev–Trinajstić information content (AvgIpc) is 3.26. The minimum Gasteiger partial charge on any atom is -0.333 e. The quantitative estimate of drug-likeness (QED) is 0.657. The van der Waals surface area contributed by atoms with E-state index in [4.69, 9.17) is 9.51 Å². The van der Waals surface area contributed by atoms with Crippen molar-refractivity contribution in [3.63, 3.8) is 0 Å². The van der Waals surface area contributed by atoms with Crippen molar-refractivity contribution in [2.45, 2.75) is 51.4 Å². The molecule has 1 fully saturated rings. The molecule has 2 aliphatic rings. The highest BCUT2D eigenvalue weighted by Crippen LogP contribution is 2.41.